The van der Waals surface area contributed by atoms with E-state index in [9.17, 15) is 20.1 Å². The Morgan fingerprint density at radius 2 is 1.85 bits per heavy atom. The Balaban J connectivity index is 1.85. The highest BCUT2D eigenvalue weighted by Gasteiger charge is 2.44. The second kappa shape index (κ2) is 12.0. The molecule has 1 heterocycles. The van der Waals surface area contributed by atoms with E-state index >= 15 is 0 Å². The van der Waals surface area contributed by atoms with Crippen LogP contribution in [-0.2, 0) is 20.9 Å². The quantitative estimate of drug-likeness (QED) is 0.387. The summed E-state index contributed by atoms with van der Waals surface area (Å²) in [5.74, 6) is -0.836. The van der Waals surface area contributed by atoms with Crippen molar-refractivity contribution in [3.05, 3.63) is 70.8 Å². The standard InChI is InChI=1S/C25H32O7S/c1-3-18(19-10-5-4-7-17(19)14-31-12-11-20(26)27)15-8-6-9-16(13-15)24-22(29)21(28)23(30)25(32-24)33-2/h4-10,13,18,21-25,28-30H,3,11-12,14H2,1-2H3,(H,26,27)/t18?,21-,22-,23+,24+,25-/m1/s1. The summed E-state index contributed by atoms with van der Waals surface area (Å²) in [6.45, 7) is 2.57. The minimum Gasteiger partial charge on any atom is -0.481 e. The third kappa shape index (κ3) is 6.15. The first-order chi connectivity index (χ1) is 15.9. The molecule has 8 heteroatoms. The molecule has 2 aromatic carbocycles. The van der Waals surface area contributed by atoms with E-state index in [0.717, 1.165) is 28.7 Å². The Hall–Kier alpha value is -1.94. The molecule has 1 aliphatic rings. The zero-order chi connectivity index (χ0) is 24.0. The fourth-order valence-corrected chi connectivity index (χ4v) is 4.92. The second-order valence-electron chi connectivity index (χ2n) is 8.16. The molecule has 0 radical (unpaired) electrons. The molecule has 1 saturated heterocycles. The van der Waals surface area contributed by atoms with Crippen molar-refractivity contribution >= 4 is 17.7 Å². The molecule has 1 unspecified atom stereocenters. The average molecular weight is 477 g/mol. The van der Waals surface area contributed by atoms with Crippen molar-refractivity contribution in [2.24, 2.45) is 0 Å². The van der Waals surface area contributed by atoms with Gasteiger partial charge in [-0.15, -0.1) is 11.8 Å². The van der Waals surface area contributed by atoms with Gasteiger partial charge in [-0.1, -0.05) is 55.5 Å². The zero-order valence-corrected chi connectivity index (χ0v) is 19.6. The number of rotatable bonds is 10. The van der Waals surface area contributed by atoms with Gasteiger partial charge in [-0.05, 0) is 34.9 Å². The lowest BCUT2D eigenvalue weighted by molar-refractivity contribution is -0.200. The second-order valence-corrected chi connectivity index (χ2v) is 9.09. The lowest BCUT2D eigenvalue weighted by Crippen LogP contribution is -2.52. The highest BCUT2D eigenvalue weighted by molar-refractivity contribution is 7.99. The van der Waals surface area contributed by atoms with Crippen LogP contribution < -0.4 is 0 Å². The monoisotopic (exact) mass is 476 g/mol. The zero-order valence-electron chi connectivity index (χ0n) is 18.8. The van der Waals surface area contributed by atoms with Crippen LogP contribution in [0.4, 0.5) is 0 Å². The van der Waals surface area contributed by atoms with E-state index in [4.69, 9.17) is 14.6 Å². The van der Waals surface area contributed by atoms with Gasteiger partial charge in [0.1, 0.15) is 29.9 Å². The maximum Gasteiger partial charge on any atom is 0.305 e. The number of benzene rings is 2. The van der Waals surface area contributed by atoms with Gasteiger partial charge in [0.25, 0.3) is 0 Å². The van der Waals surface area contributed by atoms with Gasteiger partial charge in [-0.3, -0.25) is 4.79 Å². The molecule has 4 N–H and O–H groups in total. The van der Waals surface area contributed by atoms with Crippen LogP contribution in [0.3, 0.4) is 0 Å². The van der Waals surface area contributed by atoms with E-state index in [-0.39, 0.29) is 18.9 Å². The smallest absolute Gasteiger partial charge is 0.305 e. The van der Waals surface area contributed by atoms with Crippen LogP contribution in [0.15, 0.2) is 48.5 Å². The average Bonchev–Trinajstić information content (AvgIpc) is 2.82. The molecule has 0 aromatic heterocycles. The minimum atomic E-state index is -1.30. The van der Waals surface area contributed by atoms with Gasteiger partial charge >= 0.3 is 5.97 Å². The number of hydrogen-bond acceptors (Lipinski definition) is 7. The molecule has 1 fully saturated rings. The van der Waals surface area contributed by atoms with Crippen LogP contribution in [0, 0.1) is 0 Å². The number of carbonyl (C=O) groups is 1. The van der Waals surface area contributed by atoms with Crippen LogP contribution >= 0.6 is 11.8 Å². The molecule has 0 amide bonds. The summed E-state index contributed by atoms with van der Waals surface area (Å²) in [4.78, 5) is 10.7. The molecule has 3 rings (SSSR count). The van der Waals surface area contributed by atoms with Crippen molar-refractivity contribution in [3.63, 3.8) is 0 Å². The van der Waals surface area contributed by atoms with Crippen molar-refractivity contribution in [3.8, 4) is 0 Å². The number of aliphatic hydroxyl groups is 3. The number of aliphatic hydroxyl groups excluding tert-OH is 3. The molecule has 180 valence electrons. The van der Waals surface area contributed by atoms with Gasteiger partial charge in [0.05, 0.1) is 19.6 Å². The largest absolute Gasteiger partial charge is 0.481 e. The van der Waals surface area contributed by atoms with E-state index in [2.05, 4.69) is 6.92 Å². The van der Waals surface area contributed by atoms with Crippen molar-refractivity contribution in [1.29, 1.82) is 0 Å². The van der Waals surface area contributed by atoms with Crippen molar-refractivity contribution in [2.45, 2.75) is 62.1 Å². The molecule has 1 aliphatic heterocycles. The van der Waals surface area contributed by atoms with Gasteiger partial charge in [-0.2, -0.15) is 0 Å². The first kappa shape index (κ1) is 25.7. The van der Waals surface area contributed by atoms with Gasteiger partial charge in [0.2, 0.25) is 0 Å². The van der Waals surface area contributed by atoms with E-state index in [1.807, 2.05) is 48.5 Å². The molecule has 2 aromatic rings. The number of carboxylic acids is 1. The molecule has 0 aliphatic carbocycles. The molecule has 6 atom stereocenters. The normalized spacial score (nSPS) is 26.2. The van der Waals surface area contributed by atoms with Gasteiger partial charge in [0.15, 0.2) is 0 Å². The van der Waals surface area contributed by atoms with E-state index in [1.165, 1.54) is 11.8 Å². The first-order valence-electron chi connectivity index (χ1n) is 11.1. The number of carboxylic acid groups (broad SMARTS) is 1. The SMILES string of the molecule is CCC(c1cccc([C@@H]2O[C@H](SC)[C@@H](O)[C@H](O)[C@H]2O)c1)c1ccccc1COCCC(=O)O. The van der Waals surface area contributed by atoms with E-state index in [0.29, 0.717) is 6.61 Å². The van der Waals surface area contributed by atoms with E-state index in [1.54, 1.807) is 6.26 Å². The Bertz CT molecular complexity index is 919. The highest BCUT2D eigenvalue weighted by Crippen LogP contribution is 2.38. The van der Waals surface area contributed by atoms with Crippen molar-refractivity contribution in [2.75, 3.05) is 12.9 Å². The molecular formula is C25H32O7S. The minimum absolute atomic E-state index is 0.0390. The third-order valence-corrected chi connectivity index (χ3v) is 6.85. The molecule has 7 nitrogen and oxygen atoms in total. The van der Waals surface area contributed by atoms with Gasteiger partial charge < -0.3 is 29.9 Å². The number of hydrogen-bond donors (Lipinski definition) is 4. The summed E-state index contributed by atoms with van der Waals surface area (Å²) in [5, 5.41) is 39.9. The third-order valence-electron chi connectivity index (χ3n) is 6.00. The maximum atomic E-state index is 10.7. The van der Waals surface area contributed by atoms with Crippen LogP contribution in [0.2, 0.25) is 0 Å². The Kier molecular flexibility index (Phi) is 9.31. The van der Waals surface area contributed by atoms with Crippen LogP contribution in [0.25, 0.3) is 0 Å². The summed E-state index contributed by atoms with van der Waals surface area (Å²) in [5.41, 5.74) is 3.22. The molecule has 0 saturated carbocycles. The summed E-state index contributed by atoms with van der Waals surface area (Å²) < 4.78 is 11.5. The summed E-state index contributed by atoms with van der Waals surface area (Å²) >= 11 is 1.29. The topological polar surface area (TPSA) is 116 Å². The molecule has 0 bridgehead atoms. The number of aliphatic carboxylic acids is 1. The Labute approximate surface area is 198 Å². The Morgan fingerprint density at radius 1 is 1.09 bits per heavy atom. The Morgan fingerprint density at radius 3 is 2.55 bits per heavy atom. The summed E-state index contributed by atoms with van der Waals surface area (Å²) in [6, 6.07) is 15.7. The molecular weight excluding hydrogens is 444 g/mol. The number of ether oxygens (including phenoxy) is 2. The summed E-state index contributed by atoms with van der Waals surface area (Å²) in [7, 11) is 0. The summed E-state index contributed by atoms with van der Waals surface area (Å²) in [6.07, 6.45) is -1.89. The fraction of sp³-hybridized carbons (Fsp3) is 0.480. The first-order valence-corrected chi connectivity index (χ1v) is 12.4. The van der Waals surface area contributed by atoms with Crippen molar-refractivity contribution < 1.29 is 34.7 Å². The lowest BCUT2D eigenvalue weighted by Gasteiger charge is -2.40. The van der Waals surface area contributed by atoms with Gasteiger partial charge in [-0.25, -0.2) is 0 Å². The molecule has 0 spiro atoms. The van der Waals surface area contributed by atoms with E-state index < -0.39 is 35.8 Å². The lowest BCUT2D eigenvalue weighted by atomic mass is 9.84. The predicted octanol–water partition coefficient (Wildman–Crippen LogP) is 3.06. The number of thioether (sulfide) groups is 1. The fourth-order valence-electron chi connectivity index (χ4n) is 4.25. The highest BCUT2D eigenvalue weighted by atomic mass is 32.2. The maximum absolute atomic E-state index is 10.7. The van der Waals surface area contributed by atoms with Crippen LogP contribution in [-0.4, -0.2) is 63.0 Å². The van der Waals surface area contributed by atoms with Crippen LogP contribution in [0.1, 0.15) is 54.0 Å². The molecule has 33 heavy (non-hydrogen) atoms. The van der Waals surface area contributed by atoms with Crippen molar-refractivity contribution in [1.82, 2.24) is 0 Å². The van der Waals surface area contributed by atoms with Gasteiger partial charge in [0, 0.05) is 5.92 Å². The predicted molar refractivity (Wildman–Crippen MR) is 126 cm³/mol. The van der Waals surface area contributed by atoms with Crippen LogP contribution in [0.5, 0.6) is 0 Å².